The lowest BCUT2D eigenvalue weighted by molar-refractivity contribution is 0.418. The Bertz CT molecular complexity index is 813. The molecule has 0 aliphatic carbocycles. The molecule has 3 rings (SSSR count). The van der Waals surface area contributed by atoms with Crippen LogP contribution in [0.1, 0.15) is 75.9 Å². The summed E-state index contributed by atoms with van der Waals surface area (Å²) in [4.78, 5) is 5.29. The molecule has 0 amide bonds. The van der Waals surface area contributed by atoms with Gasteiger partial charge in [0.2, 0.25) is 4.96 Å². The molecule has 2 aromatic rings. The second kappa shape index (κ2) is 6.72. The number of imidazole rings is 1. The molecule has 0 unspecified atom stereocenters. The van der Waals surface area contributed by atoms with E-state index in [1.807, 2.05) is 13.8 Å². The van der Waals surface area contributed by atoms with E-state index < -0.39 is 10.0 Å². The van der Waals surface area contributed by atoms with Crippen LogP contribution in [0.4, 0.5) is 0 Å². The normalized spacial score (nSPS) is 17.9. The lowest BCUT2D eigenvalue weighted by atomic mass is 10.2. The predicted octanol–water partition coefficient (Wildman–Crippen LogP) is 3.60. The first kappa shape index (κ1) is 17.8. The Hall–Kier alpha value is -0.990. The molecule has 0 radical (unpaired) electrons. The first-order chi connectivity index (χ1) is 11.3. The average Bonchev–Trinajstić information content (AvgIpc) is 2.93. The van der Waals surface area contributed by atoms with Gasteiger partial charge in [-0.15, -0.1) is 0 Å². The summed E-state index contributed by atoms with van der Waals surface area (Å²) in [6, 6.07) is 0. The van der Waals surface area contributed by atoms with Crippen LogP contribution in [-0.4, -0.2) is 40.4 Å². The summed E-state index contributed by atoms with van der Waals surface area (Å²) in [7, 11) is -3.58. The monoisotopic (exact) mass is 370 g/mol. The molecule has 2 aromatic heterocycles. The maximum atomic E-state index is 13.3. The van der Waals surface area contributed by atoms with Crippen molar-refractivity contribution in [2.24, 2.45) is 0 Å². The molecule has 0 aromatic carbocycles. The van der Waals surface area contributed by atoms with Crippen LogP contribution in [0.25, 0.3) is 4.96 Å². The third-order valence-corrected chi connectivity index (χ3v) is 7.52. The van der Waals surface area contributed by atoms with E-state index in [1.165, 1.54) is 11.3 Å². The molecule has 3 heterocycles. The quantitative estimate of drug-likeness (QED) is 0.824. The second-order valence-corrected chi connectivity index (χ2v) is 9.91. The Morgan fingerprint density at radius 2 is 1.62 bits per heavy atom. The van der Waals surface area contributed by atoms with E-state index in [1.54, 1.807) is 8.82 Å². The molecular weight excluding hydrogens is 344 g/mol. The highest BCUT2D eigenvalue weighted by atomic mass is 32.2. The highest BCUT2D eigenvalue weighted by molar-refractivity contribution is 7.89. The molecule has 6 nitrogen and oxygen atoms in total. The van der Waals surface area contributed by atoms with Crippen molar-refractivity contribution in [1.29, 1.82) is 0 Å². The largest absolute Gasteiger partial charge is 0.262 e. The molecular formula is C16H26N4O2S2. The Kier molecular flexibility index (Phi) is 4.99. The van der Waals surface area contributed by atoms with E-state index in [-0.39, 0.29) is 16.9 Å². The van der Waals surface area contributed by atoms with E-state index in [0.29, 0.717) is 23.7 Å². The van der Waals surface area contributed by atoms with Gasteiger partial charge in [-0.25, -0.2) is 13.4 Å². The Balaban J connectivity index is 2.15. The molecule has 0 spiro atoms. The zero-order valence-corrected chi connectivity index (χ0v) is 16.5. The van der Waals surface area contributed by atoms with E-state index in [0.717, 1.165) is 30.7 Å². The zero-order valence-electron chi connectivity index (χ0n) is 14.8. The lowest BCUT2D eigenvalue weighted by Gasteiger charge is -2.20. The fourth-order valence-corrected chi connectivity index (χ4v) is 5.86. The van der Waals surface area contributed by atoms with E-state index in [9.17, 15) is 8.42 Å². The van der Waals surface area contributed by atoms with Gasteiger partial charge in [0, 0.05) is 19.0 Å². The molecule has 0 N–H and O–H groups in total. The van der Waals surface area contributed by atoms with Crippen molar-refractivity contribution in [2.45, 2.75) is 70.2 Å². The molecule has 134 valence electrons. The summed E-state index contributed by atoms with van der Waals surface area (Å²) < 4.78 is 29.9. The van der Waals surface area contributed by atoms with E-state index >= 15 is 0 Å². The maximum absolute atomic E-state index is 13.3. The van der Waals surface area contributed by atoms with Crippen LogP contribution in [0.15, 0.2) is 5.03 Å². The third kappa shape index (κ3) is 3.11. The second-order valence-electron chi connectivity index (χ2n) is 7.06. The number of rotatable bonds is 4. The number of sulfonamides is 1. The van der Waals surface area contributed by atoms with Crippen molar-refractivity contribution in [2.75, 3.05) is 13.1 Å². The number of aromatic nitrogens is 3. The van der Waals surface area contributed by atoms with Gasteiger partial charge in [0.05, 0.1) is 5.69 Å². The molecule has 0 saturated carbocycles. The smallest absolute Gasteiger partial charge is 0.221 e. The summed E-state index contributed by atoms with van der Waals surface area (Å²) in [5.41, 5.74) is 0.633. The summed E-state index contributed by atoms with van der Waals surface area (Å²) >= 11 is 1.48. The summed E-state index contributed by atoms with van der Waals surface area (Å²) in [5.74, 6) is 0.297. The number of fused-ring (bicyclic) bond motifs is 1. The molecule has 8 heteroatoms. The topological polar surface area (TPSA) is 67.6 Å². The van der Waals surface area contributed by atoms with E-state index in [2.05, 4.69) is 23.9 Å². The van der Waals surface area contributed by atoms with Crippen molar-refractivity contribution in [3.05, 3.63) is 10.7 Å². The van der Waals surface area contributed by atoms with Crippen LogP contribution in [-0.2, 0) is 10.0 Å². The van der Waals surface area contributed by atoms with Gasteiger partial charge in [0.1, 0.15) is 5.01 Å². The highest BCUT2D eigenvalue weighted by Gasteiger charge is 2.34. The van der Waals surface area contributed by atoms with Gasteiger partial charge in [-0.1, -0.05) is 51.9 Å². The van der Waals surface area contributed by atoms with Gasteiger partial charge >= 0.3 is 0 Å². The maximum Gasteiger partial charge on any atom is 0.262 e. The third-order valence-electron chi connectivity index (χ3n) is 4.39. The summed E-state index contributed by atoms with van der Waals surface area (Å²) in [6.45, 7) is 9.27. The van der Waals surface area contributed by atoms with Crippen LogP contribution in [0.3, 0.4) is 0 Å². The Morgan fingerprint density at radius 3 is 2.17 bits per heavy atom. The van der Waals surface area contributed by atoms with Crippen molar-refractivity contribution in [3.63, 3.8) is 0 Å². The first-order valence-electron chi connectivity index (χ1n) is 8.72. The Morgan fingerprint density at radius 1 is 1.00 bits per heavy atom. The van der Waals surface area contributed by atoms with Crippen molar-refractivity contribution in [1.82, 2.24) is 18.9 Å². The highest BCUT2D eigenvalue weighted by Crippen LogP contribution is 2.32. The van der Waals surface area contributed by atoms with Crippen LogP contribution in [0, 0.1) is 0 Å². The minimum atomic E-state index is -3.58. The fraction of sp³-hybridized carbons (Fsp3) is 0.750. The average molecular weight is 371 g/mol. The first-order valence-corrected chi connectivity index (χ1v) is 11.0. The molecule has 24 heavy (non-hydrogen) atoms. The van der Waals surface area contributed by atoms with Crippen LogP contribution < -0.4 is 0 Å². The minimum absolute atomic E-state index is 0.0400. The SMILES string of the molecule is CC(C)c1nn2c(S(=O)(=O)N3CCCCCC3)c(C(C)C)nc2s1. The standard InChI is InChI=1S/C16H26N4O2S2/c1-11(2)13-15(20-16(17-13)23-14(18-20)12(3)4)24(21,22)19-9-7-5-6-8-10-19/h11-12H,5-10H2,1-4H3. The summed E-state index contributed by atoms with van der Waals surface area (Å²) in [6.07, 6.45) is 4.04. The summed E-state index contributed by atoms with van der Waals surface area (Å²) in [5, 5.41) is 5.76. The van der Waals surface area contributed by atoms with Crippen molar-refractivity contribution >= 4 is 26.3 Å². The van der Waals surface area contributed by atoms with Gasteiger partial charge in [0.15, 0.2) is 5.03 Å². The molecule has 1 aliphatic rings. The number of nitrogens with zero attached hydrogens (tertiary/aromatic N) is 4. The van der Waals surface area contributed by atoms with E-state index in [4.69, 9.17) is 0 Å². The van der Waals surface area contributed by atoms with Gasteiger partial charge in [-0.05, 0) is 18.8 Å². The van der Waals surface area contributed by atoms with Crippen LogP contribution >= 0.6 is 11.3 Å². The fourth-order valence-electron chi connectivity index (χ4n) is 3.02. The Labute approximate surface area is 147 Å². The minimum Gasteiger partial charge on any atom is -0.221 e. The molecule has 1 saturated heterocycles. The van der Waals surface area contributed by atoms with Crippen LogP contribution in [0.2, 0.25) is 0 Å². The van der Waals surface area contributed by atoms with Crippen molar-refractivity contribution in [3.8, 4) is 0 Å². The van der Waals surface area contributed by atoms with Crippen molar-refractivity contribution < 1.29 is 8.42 Å². The molecule has 0 bridgehead atoms. The lowest BCUT2D eigenvalue weighted by Crippen LogP contribution is -2.33. The molecule has 1 aliphatic heterocycles. The van der Waals surface area contributed by atoms with Gasteiger partial charge in [0.25, 0.3) is 10.0 Å². The zero-order chi connectivity index (χ0) is 17.5. The predicted molar refractivity (Wildman–Crippen MR) is 96.3 cm³/mol. The van der Waals surface area contributed by atoms with Crippen LogP contribution in [0.5, 0.6) is 0 Å². The molecule has 0 atom stereocenters. The number of hydrogen-bond acceptors (Lipinski definition) is 5. The number of hydrogen-bond donors (Lipinski definition) is 0. The van der Waals surface area contributed by atoms with Gasteiger partial charge in [-0.3, -0.25) is 0 Å². The molecule has 1 fully saturated rings. The van der Waals surface area contributed by atoms with Gasteiger partial charge < -0.3 is 0 Å². The van der Waals surface area contributed by atoms with Gasteiger partial charge in [-0.2, -0.15) is 13.9 Å².